The van der Waals surface area contributed by atoms with Gasteiger partial charge < -0.3 is 20.4 Å². The van der Waals surface area contributed by atoms with Crippen LogP contribution < -0.4 is 0 Å². The third kappa shape index (κ3) is 18.4. The highest BCUT2D eigenvalue weighted by Crippen LogP contribution is 2.06. The standard InChI is InChI=1S/C20H32O6/c21-17(11-6-2-1-3-9-15-19(23)24)12-7-4-5-8-13-18(22)14-10-16-20(25)26/h2,4-6,8,13,17-18,21-22H,1,3,7,9-12,14-16H2,(H,23,24)(H,25,26)/b5-4+,6-2-,13-8-/t17-,18-/m0/s1. The van der Waals surface area contributed by atoms with Crippen LogP contribution in [0.1, 0.15) is 64.2 Å². The number of aliphatic carboxylic acids is 2. The fraction of sp³-hybridized carbons (Fsp3) is 0.600. The summed E-state index contributed by atoms with van der Waals surface area (Å²) in [7, 11) is 0. The molecule has 6 heteroatoms. The van der Waals surface area contributed by atoms with Gasteiger partial charge in [0.05, 0.1) is 12.2 Å². The summed E-state index contributed by atoms with van der Waals surface area (Å²) < 4.78 is 0. The highest BCUT2D eigenvalue weighted by atomic mass is 16.4. The molecule has 0 spiro atoms. The molecule has 0 aliphatic carbocycles. The van der Waals surface area contributed by atoms with Crippen molar-refractivity contribution in [1.29, 1.82) is 0 Å². The van der Waals surface area contributed by atoms with Crippen LogP contribution in [0.3, 0.4) is 0 Å². The highest BCUT2D eigenvalue weighted by molar-refractivity contribution is 5.66. The van der Waals surface area contributed by atoms with Gasteiger partial charge in [0.25, 0.3) is 0 Å². The maximum Gasteiger partial charge on any atom is 0.303 e. The number of hydrogen-bond acceptors (Lipinski definition) is 4. The van der Waals surface area contributed by atoms with E-state index < -0.39 is 24.1 Å². The summed E-state index contributed by atoms with van der Waals surface area (Å²) >= 11 is 0. The largest absolute Gasteiger partial charge is 0.481 e. The maximum absolute atomic E-state index is 10.4. The molecule has 0 fully saturated rings. The van der Waals surface area contributed by atoms with Crippen LogP contribution in [0, 0.1) is 0 Å². The first-order valence-electron chi connectivity index (χ1n) is 9.20. The van der Waals surface area contributed by atoms with Crippen LogP contribution in [-0.4, -0.2) is 44.6 Å². The van der Waals surface area contributed by atoms with E-state index in [2.05, 4.69) is 0 Å². The van der Waals surface area contributed by atoms with Crippen LogP contribution >= 0.6 is 0 Å². The minimum absolute atomic E-state index is 0.0649. The van der Waals surface area contributed by atoms with Gasteiger partial charge in [0, 0.05) is 12.8 Å². The lowest BCUT2D eigenvalue weighted by Gasteiger charge is -2.05. The van der Waals surface area contributed by atoms with Gasteiger partial charge in [-0.3, -0.25) is 9.59 Å². The summed E-state index contributed by atoms with van der Waals surface area (Å²) in [6.45, 7) is 0. The quantitative estimate of drug-likeness (QED) is 0.188. The Kier molecular flexibility index (Phi) is 15.3. The first-order chi connectivity index (χ1) is 12.4. The number of rotatable bonds is 16. The molecule has 0 radical (unpaired) electrons. The molecule has 26 heavy (non-hydrogen) atoms. The van der Waals surface area contributed by atoms with E-state index in [0.29, 0.717) is 32.1 Å². The highest BCUT2D eigenvalue weighted by Gasteiger charge is 2.02. The Bertz CT molecular complexity index is 467. The topological polar surface area (TPSA) is 115 Å². The zero-order valence-corrected chi connectivity index (χ0v) is 15.3. The monoisotopic (exact) mass is 368 g/mol. The molecule has 0 amide bonds. The summed E-state index contributed by atoms with van der Waals surface area (Å²) in [4.78, 5) is 20.7. The fourth-order valence-corrected chi connectivity index (χ4v) is 2.24. The van der Waals surface area contributed by atoms with Crippen molar-refractivity contribution in [2.45, 2.75) is 76.4 Å². The molecule has 4 N–H and O–H groups in total. The van der Waals surface area contributed by atoms with Gasteiger partial charge in [-0.05, 0) is 51.4 Å². The van der Waals surface area contributed by atoms with E-state index in [1.54, 1.807) is 12.2 Å². The average molecular weight is 368 g/mol. The van der Waals surface area contributed by atoms with E-state index in [0.717, 1.165) is 19.3 Å². The average Bonchev–Trinajstić information content (AvgIpc) is 2.56. The van der Waals surface area contributed by atoms with Gasteiger partial charge in [-0.2, -0.15) is 0 Å². The lowest BCUT2D eigenvalue weighted by Crippen LogP contribution is -2.04. The molecule has 0 aromatic heterocycles. The summed E-state index contributed by atoms with van der Waals surface area (Å²) in [5, 5.41) is 36.5. The lowest BCUT2D eigenvalue weighted by molar-refractivity contribution is -0.138. The molecule has 0 bridgehead atoms. The molecular weight excluding hydrogens is 336 g/mol. The summed E-state index contributed by atoms with van der Waals surface area (Å²) in [5.74, 6) is -1.62. The van der Waals surface area contributed by atoms with Gasteiger partial charge in [0.15, 0.2) is 0 Å². The molecular formula is C20H32O6. The maximum atomic E-state index is 10.4. The molecule has 0 saturated carbocycles. The van der Waals surface area contributed by atoms with Crippen LogP contribution in [0.25, 0.3) is 0 Å². The number of hydrogen-bond donors (Lipinski definition) is 4. The van der Waals surface area contributed by atoms with Crippen LogP contribution in [-0.2, 0) is 9.59 Å². The van der Waals surface area contributed by atoms with Gasteiger partial charge in [0.1, 0.15) is 0 Å². The number of carbonyl (C=O) groups is 2. The fourth-order valence-electron chi connectivity index (χ4n) is 2.24. The van der Waals surface area contributed by atoms with Crippen molar-refractivity contribution in [2.75, 3.05) is 0 Å². The molecule has 0 aliphatic rings. The van der Waals surface area contributed by atoms with Gasteiger partial charge in [-0.15, -0.1) is 0 Å². The molecule has 0 rings (SSSR count). The second-order valence-corrected chi connectivity index (χ2v) is 6.24. The predicted molar refractivity (Wildman–Crippen MR) is 101 cm³/mol. The van der Waals surface area contributed by atoms with Crippen molar-refractivity contribution in [2.24, 2.45) is 0 Å². The van der Waals surface area contributed by atoms with Crippen LogP contribution in [0.4, 0.5) is 0 Å². The molecule has 0 heterocycles. The first kappa shape index (κ1) is 24.1. The van der Waals surface area contributed by atoms with Crippen molar-refractivity contribution in [3.8, 4) is 0 Å². The SMILES string of the molecule is O=C(O)CCCC/C=C\C[C@H](O)CC/C=C/C=C\[C@H](O)CCCC(=O)O. The molecule has 0 unspecified atom stereocenters. The van der Waals surface area contributed by atoms with Crippen molar-refractivity contribution < 1.29 is 30.0 Å². The van der Waals surface area contributed by atoms with E-state index in [9.17, 15) is 19.8 Å². The minimum atomic E-state index is -0.854. The van der Waals surface area contributed by atoms with Gasteiger partial charge >= 0.3 is 11.9 Å². The molecule has 148 valence electrons. The number of aliphatic hydroxyl groups excluding tert-OH is 2. The van der Waals surface area contributed by atoms with Crippen molar-refractivity contribution in [3.63, 3.8) is 0 Å². The zero-order valence-electron chi connectivity index (χ0n) is 15.3. The second-order valence-electron chi connectivity index (χ2n) is 6.24. The van der Waals surface area contributed by atoms with E-state index >= 15 is 0 Å². The number of carboxylic acid groups (broad SMARTS) is 2. The van der Waals surface area contributed by atoms with Crippen molar-refractivity contribution >= 4 is 11.9 Å². The van der Waals surface area contributed by atoms with Crippen LogP contribution in [0.5, 0.6) is 0 Å². The lowest BCUT2D eigenvalue weighted by atomic mass is 10.1. The summed E-state index contributed by atoms with van der Waals surface area (Å²) in [6, 6.07) is 0. The first-order valence-corrected chi connectivity index (χ1v) is 9.20. The van der Waals surface area contributed by atoms with Gasteiger partial charge in [-0.25, -0.2) is 0 Å². The number of allylic oxidation sites excluding steroid dienone is 4. The molecule has 0 aliphatic heterocycles. The Labute approximate surface area is 155 Å². The Morgan fingerprint density at radius 2 is 1.46 bits per heavy atom. The molecule has 0 aromatic rings. The summed E-state index contributed by atoms with van der Waals surface area (Å²) in [5.41, 5.74) is 0. The van der Waals surface area contributed by atoms with Crippen LogP contribution in [0.2, 0.25) is 0 Å². The van der Waals surface area contributed by atoms with Crippen molar-refractivity contribution in [1.82, 2.24) is 0 Å². The number of carboxylic acids is 2. The Morgan fingerprint density at radius 1 is 0.769 bits per heavy atom. The van der Waals surface area contributed by atoms with E-state index in [1.165, 1.54) is 0 Å². The van der Waals surface area contributed by atoms with Gasteiger partial charge in [-0.1, -0.05) is 36.5 Å². The van der Waals surface area contributed by atoms with E-state index in [4.69, 9.17) is 10.2 Å². The van der Waals surface area contributed by atoms with E-state index in [-0.39, 0.29) is 12.8 Å². The van der Waals surface area contributed by atoms with Crippen molar-refractivity contribution in [3.05, 3.63) is 36.5 Å². The number of unbranched alkanes of at least 4 members (excludes halogenated alkanes) is 2. The van der Waals surface area contributed by atoms with Crippen LogP contribution in [0.15, 0.2) is 36.5 Å². The predicted octanol–water partition coefficient (Wildman–Crippen LogP) is 3.45. The van der Waals surface area contributed by atoms with E-state index in [1.807, 2.05) is 24.3 Å². The molecule has 6 nitrogen and oxygen atoms in total. The zero-order chi connectivity index (χ0) is 19.6. The Morgan fingerprint density at radius 3 is 2.15 bits per heavy atom. The third-order valence-corrected chi connectivity index (χ3v) is 3.72. The minimum Gasteiger partial charge on any atom is -0.481 e. The Balaban J connectivity index is 3.65. The van der Waals surface area contributed by atoms with Gasteiger partial charge in [0.2, 0.25) is 0 Å². The smallest absolute Gasteiger partial charge is 0.303 e. The molecule has 2 atom stereocenters. The normalized spacial score (nSPS) is 14.4. The molecule has 0 aromatic carbocycles. The Hall–Kier alpha value is -1.92. The second kappa shape index (κ2) is 16.5. The third-order valence-electron chi connectivity index (χ3n) is 3.72. The molecule has 0 saturated heterocycles. The number of aliphatic hydroxyl groups is 2. The summed E-state index contributed by atoms with van der Waals surface area (Å²) in [6.07, 6.45) is 15.4.